The van der Waals surface area contributed by atoms with Crippen LogP contribution in [0.3, 0.4) is 0 Å². The van der Waals surface area contributed by atoms with Gasteiger partial charge in [-0.05, 0) is 37.5 Å². The molecule has 0 saturated heterocycles. The van der Waals surface area contributed by atoms with E-state index in [4.69, 9.17) is 9.94 Å². The molecule has 0 spiro atoms. The molecule has 2 saturated carbocycles. The second-order valence-electron chi connectivity index (χ2n) is 7.33. The van der Waals surface area contributed by atoms with Crippen molar-refractivity contribution in [3.05, 3.63) is 12.2 Å². The van der Waals surface area contributed by atoms with E-state index in [-0.39, 0.29) is 17.8 Å². The molecule has 6 heteroatoms. The molecule has 0 aliphatic heterocycles. The predicted molar refractivity (Wildman–Crippen MR) is 95.2 cm³/mol. The molecule has 0 amide bonds. The smallest absolute Gasteiger partial charge is 0.344 e. The van der Waals surface area contributed by atoms with Gasteiger partial charge in [-0.3, -0.25) is 0 Å². The molecule has 2 fully saturated rings. The minimum absolute atomic E-state index is 0.0185. The number of rotatable bonds is 10. The number of aliphatic hydroxyl groups excluding tert-OH is 2. The summed E-state index contributed by atoms with van der Waals surface area (Å²) < 4.78 is 0. The molecule has 0 bridgehead atoms. The highest BCUT2D eigenvalue weighted by molar-refractivity contribution is 5.93. The van der Waals surface area contributed by atoms with E-state index in [1.54, 1.807) is 0 Å². The van der Waals surface area contributed by atoms with Gasteiger partial charge in [0.1, 0.15) is 0 Å². The quantitative estimate of drug-likeness (QED) is 0.414. The first-order valence-electron chi connectivity index (χ1n) is 9.41. The fourth-order valence-corrected chi connectivity index (χ4v) is 3.98. The zero-order chi connectivity index (χ0) is 18.4. The third-order valence-corrected chi connectivity index (χ3v) is 5.77. The van der Waals surface area contributed by atoms with Crippen molar-refractivity contribution >= 4 is 11.7 Å². The number of oxime groups is 1. The van der Waals surface area contributed by atoms with Gasteiger partial charge in [-0.25, -0.2) is 4.79 Å². The molecule has 5 atom stereocenters. The Bertz CT molecular complexity index is 500. The van der Waals surface area contributed by atoms with Gasteiger partial charge in [0, 0.05) is 11.8 Å². The van der Waals surface area contributed by atoms with Crippen molar-refractivity contribution in [3.63, 3.8) is 0 Å². The van der Waals surface area contributed by atoms with Crippen LogP contribution in [0.1, 0.15) is 52.4 Å². The Kier molecular flexibility index (Phi) is 7.44. The highest BCUT2D eigenvalue weighted by Gasteiger charge is 2.51. The molecule has 3 N–H and O–H groups in total. The average molecular weight is 353 g/mol. The molecule has 2 aliphatic rings. The fourth-order valence-electron chi connectivity index (χ4n) is 3.98. The molecular formula is C19H31NO5. The second-order valence-corrected chi connectivity index (χ2v) is 7.33. The van der Waals surface area contributed by atoms with E-state index in [9.17, 15) is 15.0 Å². The second kappa shape index (κ2) is 9.34. The van der Waals surface area contributed by atoms with Crippen molar-refractivity contribution < 1.29 is 25.0 Å². The normalized spacial score (nSPS) is 31.3. The summed E-state index contributed by atoms with van der Waals surface area (Å²) in [7, 11) is 0. The number of hydrogen-bond acceptors (Lipinski definition) is 5. The van der Waals surface area contributed by atoms with Crippen LogP contribution in [-0.2, 0) is 9.63 Å². The zero-order valence-electron chi connectivity index (χ0n) is 15.2. The molecule has 142 valence electrons. The van der Waals surface area contributed by atoms with Crippen LogP contribution in [0.25, 0.3) is 0 Å². The first kappa shape index (κ1) is 19.9. The summed E-state index contributed by atoms with van der Waals surface area (Å²) >= 11 is 0. The van der Waals surface area contributed by atoms with E-state index < -0.39 is 24.8 Å². The fraction of sp³-hybridized carbons (Fsp3) is 0.789. The maximum absolute atomic E-state index is 10.4. The summed E-state index contributed by atoms with van der Waals surface area (Å²) in [5.74, 6) is -0.0240. The minimum atomic E-state index is -1.05. The lowest BCUT2D eigenvalue weighted by molar-refractivity contribution is -0.142. The van der Waals surface area contributed by atoms with Gasteiger partial charge in [-0.2, -0.15) is 0 Å². The minimum Gasteiger partial charge on any atom is -0.479 e. The Labute approximate surface area is 149 Å². The van der Waals surface area contributed by atoms with Gasteiger partial charge in [-0.15, -0.1) is 0 Å². The summed E-state index contributed by atoms with van der Waals surface area (Å²) in [6.07, 6.45) is 8.37. The Morgan fingerprint density at radius 3 is 2.72 bits per heavy atom. The van der Waals surface area contributed by atoms with E-state index in [1.165, 1.54) is 0 Å². The van der Waals surface area contributed by atoms with Crippen LogP contribution >= 0.6 is 0 Å². The van der Waals surface area contributed by atoms with E-state index in [2.05, 4.69) is 19.0 Å². The van der Waals surface area contributed by atoms with Crippen molar-refractivity contribution in [2.24, 2.45) is 28.8 Å². The maximum Gasteiger partial charge on any atom is 0.344 e. The molecule has 0 aromatic heterocycles. The van der Waals surface area contributed by atoms with E-state index >= 15 is 0 Å². The lowest BCUT2D eigenvalue weighted by Crippen LogP contribution is -2.38. The summed E-state index contributed by atoms with van der Waals surface area (Å²) in [6, 6.07) is 0. The van der Waals surface area contributed by atoms with Gasteiger partial charge in [0.25, 0.3) is 0 Å². The summed E-state index contributed by atoms with van der Waals surface area (Å²) in [5.41, 5.74) is 0.843. The lowest BCUT2D eigenvalue weighted by Gasteiger charge is -2.33. The number of carbonyl (C=O) groups is 1. The van der Waals surface area contributed by atoms with Gasteiger partial charge in [0.15, 0.2) is 0 Å². The molecule has 25 heavy (non-hydrogen) atoms. The number of aliphatic hydroxyl groups is 2. The van der Waals surface area contributed by atoms with Gasteiger partial charge in [-0.1, -0.05) is 44.0 Å². The van der Waals surface area contributed by atoms with E-state index in [0.717, 1.165) is 37.8 Å². The molecule has 2 aliphatic carbocycles. The first-order chi connectivity index (χ1) is 12.0. The predicted octanol–water partition coefficient (Wildman–Crippen LogP) is 2.59. The number of hydrogen-bond donors (Lipinski definition) is 3. The van der Waals surface area contributed by atoms with Crippen molar-refractivity contribution in [1.82, 2.24) is 0 Å². The van der Waals surface area contributed by atoms with Crippen molar-refractivity contribution in [1.29, 1.82) is 0 Å². The van der Waals surface area contributed by atoms with Crippen molar-refractivity contribution in [2.45, 2.75) is 64.6 Å². The van der Waals surface area contributed by atoms with Crippen LogP contribution in [0.4, 0.5) is 0 Å². The lowest BCUT2D eigenvalue weighted by atomic mass is 9.73. The van der Waals surface area contributed by atoms with Crippen LogP contribution in [0.15, 0.2) is 17.3 Å². The molecule has 2 rings (SSSR count). The monoisotopic (exact) mass is 353 g/mol. The number of aliphatic carboxylic acids is 1. The van der Waals surface area contributed by atoms with Crippen LogP contribution < -0.4 is 0 Å². The number of carboxylic acid groups (broad SMARTS) is 1. The van der Waals surface area contributed by atoms with Gasteiger partial charge in [0.2, 0.25) is 6.61 Å². The Morgan fingerprint density at radius 2 is 2.08 bits per heavy atom. The van der Waals surface area contributed by atoms with Crippen LogP contribution in [0.5, 0.6) is 0 Å². The molecule has 6 nitrogen and oxygen atoms in total. The Balaban J connectivity index is 1.79. The van der Waals surface area contributed by atoms with Crippen molar-refractivity contribution in [3.8, 4) is 0 Å². The third kappa shape index (κ3) is 5.28. The van der Waals surface area contributed by atoms with Crippen LogP contribution in [-0.4, -0.2) is 45.8 Å². The summed E-state index contributed by atoms with van der Waals surface area (Å²) in [6.45, 7) is 3.93. The Morgan fingerprint density at radius 1 is 1.36 bits per heavy atom. The standard InChI is InChI=1S/C19H31NO5/c1-3-12(4-2)5-7-14(21)8-6-13-9-15-16(19(13)24)10-17(15)20-25-11-18(22)23/h6,8,12-16,19,21,24H,3-5,7,9-11H2,1-2H3,(H,22,23)/t13?,14?,15-,16+,19?/m0/s1. The van der Waals surface area contributed by atoms with Crippen LogP contribution in [0, 0.1) is 23.7 Å². The molecule has 0 radical (unpaired) electrons. The number of fused-ring (bicyclic) bond motifs is 1. The van der Waals surface area contributed by atoms with Gasteiger partial charge in [0.05, 0.1) is 17.9 Å². The number of nitrogens with zero attached hydrogens (tertiary/aromatic N) is 1. The maximum atomic E-state index is 10.4. The van der Waals surface area contributed by atoms with Crippen LogP contribution in [0.2, 0.25) is 0 Å². The topological polar surface area (TPSA) is 99.4 Å². The SMILES string of the molecule is CCC(CC)CCC(O)C=CC1C[C@@H]2C(=NOCC(=O)O)C[C@H]2C1O. The van der Waals surface area contributed by atoms with Gasteiger partial charge < -0.3 is 20.2 Å². The molecule has 0 aromatic rings. The molecule has 3 unspecified atom stereocenters. The third-order valence-electron chi connectivity index (χ3n) is 5.77. The Hall–Kier alpha value is -1.40. The molecular weight excluding hydrogens is 322 g/mol. The molecule has 0 aromatic carbocycles. The highest BCUT2D eigenvalue weighted by atomic mass is 16.6. The van der Waals surface area contributed by atoms with E-state index in [1.807, 2.05) is 12.2 Å². The highest BCUT2D eigenvalue weighted by Crippen LogP contribution is 2.48. The van der Waals surface area contributed by atoms with Crippen molar-refractivity contribution in [2.75, 3.05) is 6.61 Å². The van der Waals surface area contributed by atoms with E-state index in [0.29, 0.717) is 12.3 Å². The zero-order valence-corrected chi connectivity index (χ0v) is 15.2. The largest absolute Gasteiger partial charge is 0.479 e. The number of carboxylic acids is 1. The average Bonchev–Trinajstić information content (AvgIpc) is 2.81. The molecule has 0 heterocycles. The first-order valence-corrected chi connectivity index (χ1v) is 9.41. The summed E-state index contributed by atoms with van der Waals surface area (Å²) in [4.78, 5) is 15.2. The van der Waals surface area contributed by atoms with Gasteiger partial charge >= 0.3 is 5.97 Å². The summed E-state index contributed by atoms with van der Waals surface area (Å²) in [5, 5.41) is 33.0.